The molecule has 1 aromatic rings. The molecule has 2 N–H and O–H groups in total. The largest absolute Gasteiger partial charge is 0.493 e. The van der Waals surface area contributed by atoms with Gasteiger partial charge in [-0.3, -0.25) is 4.99 Å². The van der Waals surface area contributed by atoms with Crippen molar-refractivity contribution in [2.75, 3.05) is 26.3 Å². The molecular weight excluding hydrogens is 465 g/mol. The lowest BCUT2D eigenvalue weighted by atomic mass is 9.78. The monoisotopic (exact) mass is 501 g/mol. The second-order valence-electron chi connectivity index (χ2n) is 8.65. The number of hydrogen-bond donors (Lipinski definition) is 2. The van der Waals surface area contributed by atoms with Gasteiger partial charge in [-0.15, -0.1) is 24.0 Å². The van der Waals surface area contributed by atoms with Crippen molar-refractivity contribution in [1.82, 2.24) is 10.6 Å². The van der Waals surface area contributed by atoms with Crippen LogP contribution in [0.1, 0.15) is 58.6 Å². The highest BCUT2D eigenvalue weighted by atomic mass is 127. The lowest BCUT2D eigenvalue weighted by Crippen LogP contribution is -2.43. The van der Waals surface area contributed by atoms with Crippen LogP contribution >= 0.6 is 24.0 Å². The fraction of sp³-hybridized carbons (Fsp3) is 0.682. The molecule has 3 unspecified atom stereocenters. The molecular formula is C22H36IN3O2. The Balaban J connectivity index is 0.00000280. The van der Waals surface area contributed by atoms with Crippen LogP contribution in [0.4, 0.5) is 0 Å². The molecule has 28 heavy (non-hydrogen) atoms. The molecule has 1 aromatic carbocycles. The van der Waals surface area contributed by atoms with Gasteiger partial charge in [0.15, 0.2) is 5.96 Å². The molecule has 3 rings (SSSR count). The van der Waals surface area contributed by atoms with E-state index in [1.807, 2.05) is 12.1 Å². The average molecular weight is 501 g/mol. The molecule has 0 aromatic heterocycles. The van der Waals surface area contributed by atoms with Crippen LogP contribution in [0.3, 0.4) is 0 Å². The number of aliphatic imine (C=N–C) groups is 1. The van der Waals surface area contributed by atoms with Gasteiger partial charge in [0.25, 0.3) is 0 Å². The van der Waals surface area contributed by atoms with Crippen LogP contribution in [-0.4, -0.2) is 38.4 Å². The van der Waals surface area contributed by atoms with Gasteiger partial charge in [0.1, 0.15) is 5.75 Å². The predicted molar refractivity (Wildman–Crippen MR) is 126 cm³/mol. The van der Waals surface area contributed by atoms with E-state index in [9.17, 15) is 0 Å². The number of halogens is 1. The lowest BCUT2D eigenvalue weighted by Gasteiger charge is -2.39. The van der Waals surface area contributed by atoms with E-state index in [-0.39, 0.29) is 41.5 Å². The molecule has 0 bridgehead atoms. The summed E-state index contributed by atoms with van der Waals surface area (Å²) in [6.45, 7) is 12.2. The molecule has 158 valence electrons. The van der Waals surface area contributed by atoms with Crippen molar-refractivity contribution in [2.45, 2.75) is 59.1 Å². The zero-order valence-corrected chi connectivity index (χ0v) is 20.0. The van der Waals surface area contributed by atoms with Crippen LogP contribution in [0.25, 0.3) is 0 Å². The first-order chi connectivity index (χ1) is 13.0. The average Bonchev–Trinajstić information content (AvgIpc) is 2.66. The van der Waals surface area contributed by atoms with Gasteiger partial charge in [-0.1, -0.05) is 39.0 Å². The fourth-order valence-electron chi connectivity index (χ4n) is 4.17. The molecule has 0 amide bonds. The number of para-hydroxylation sites is 1. The predicted octanol–water partition coefficient (Wildman–Crippen LogP) is 4.52. The fourth-order valence-corrected chi connectivity index (χ4v) is 4.17. The first kappa shape index (κ1) is 23.3. The Labute approximate surface area is 187 Å². The summed E-state index contributed by atoms with van der Waals surface area (Å²) in [5.41, 5.74) is 1.36. The summed E-state index contributed by atoms with van der Waals surface area (Å²) >= 11 is 0. The highest BCUT2D eigenvalue weighted by molar-refractivity contribution is 14.0. The topological polar surface area (TPSA) is 54.9 Å². The van der Waals surface area contributed by atoms with Crippen molar-refractivity contribution in [3.63, 3.8) is 0 Å². The number of guanidine groups is 1. The first-order valence-corrected chi connectivity index (χ1v) is 10.4. The summed E-state index contributed by atoms with van der Waals surface area (Å²) in [5, 5.41) is 7.04. The van der Waals surface area contributed by atoms with Gasteiger partial charge >= 0.3 is 0 Å². The molecule has 0 radical (unpaired) electrons. The van der Waals surface area contributed by atoms with Crippen molar-refractivity contribution in [1.29, 1.82) is 0 Å². The second kappa shape index (κ2) is 10.7. The van der Waals surface area contributed by atoms with Crippen LogP contribution < -0.4 is 15.4 Å². The van der Waals surface area contributed by atoms with Gasteiger partial charge in [0.05, 0.1) is 18.8 Å². The smallest absolute Gasteiger partial charge is 0.191 e. The van der Waals surface area contributed by atoms with Gasteiger partial charge in [0.2, 0.25) is 0 Å². The maximum atomic E-state index is 6.12. The Kier molecular flexibility index (Phi) is 8.86. The van der Waals surface area contributed by atoms with Crippen molar-refractivity contribution in [2.24, 2.45) is 16.3 Å². The summed E-state index contributed by atoms with van der Waals surface area (Å²) in [7, 11) is 0. The third-order valence-corrected chi connectivity index (χ3v) is 5.40. The number of hydrogen-bond acceptors (Lipinski definition) is 3. The minimum atomic E-state index is 0. The molecule has 1 saturated heterocycles. The second-order valence-corrected chi connectivity index (χ2v) is 8.65. The van der Waals surface area contributed by atoms with Crippen LogP contribution in [0.2, 0.25) is 0 Å². The summed E-state index contributed by atoms with van der Waals surface area (Å²) in [4.78, 5) is 4.94. The van der Waals surface area contributed by atoms with Gasteiger partial charge < -0.3 is 20.1 Å². The SMILES string of the molecule is CCNC(=NCC1CCCOC1C(C)(C)C)NC1CCOc2ccccc21.I. The Bertz CT molecular complexity index is 645. The number of benzene rings is 1. The maximum Gasteiger partial charge on any atom is 0.191 e. The number of rotatable bonds is 4. The summed E-state index contributed by atoms with van der Waals surface area (Å²) in [6.07, 6.45) is 3.52. The zero-order valence-electron chi connectivity index (χ0n) is 17.7. The molecule has 2 aliphatic heterocycles. The standard InChI is InChI=1S/C22H35N3O2.HI/c1-5-23-21(24-15-16-9-8-13-27-20(16)22(2,3)4)25-18-12-14-26-19-11-7-6-10-17(18)19;/h6-7,10-11,16,18,20H,5,8-9,12-15H2,1-4H3,(H2,23,24,25);1H. The molecule has 1 fully saturated rings. The number of ether oxygens (including phenoxy) is 2. The van der Waals surface area contributed by atoms with E-state index in [0.717, 1.165) is 50.9 Å². The van der Waals surface area contributed by atoms with Crippen molar-refractivity contribution >= 4 is 29.9 Å². The van der Waals surface area contributed by atoms with Gasteiger partial charge in [-0.25, -0.2) is 0 Å². The number of nitrogens with one attached hydrogen (secondary N) is 2. The Morgan fingerprint density at radius 3 is 2.71 bits per heavy atom. The Morgan fingerprint density at radius 1 is 1.18 bits per heavy atom. The Hall–Kier alpha value is -1.02. The van der Waals surface area contributed by atoms with Crippen LogP contribution in [0.15, 0.2) is 29.3 Å². The summed E-state index contributed by atoms with van der Waals surface area (Å²) in [6, 6.07) is 8.50. The van der Waals surface area contributed by atoms with Gasteiger partial charge in [0, 0.05) is 37.6 Å². The quantitative estimate of drug-likeness (QED) is 0.362. The molecule has 3 atom stereocenters. The van der Waals surface area contributed by atoms with Crippen LogP contribution in [0.5, 0.6) is 5.75 Å². The number of nitrogens with zero attached hydrogens (tertiary/aromatic N) is 1. The molecule has 0 saturated carbocycles. The van der Waals surface area contributed by atoms with Crippen molar-refractivity contribution < 1.29 is 9.47 Å². The zero-order chi connectivity index (χ0) is 19.3. The van der Waals surface area contributed by atoms with E-state index in [4.69, 9.17) is 14.5 Å². The molecule has 2 aliphatic rings. The normalized spacial score (nSPS) is 25.1. The van der Waals surface area contributed by atoms with E-state index >= 15 is 0 Å². The van der Waals surface area contributed by atoms with Crippen LogP contribution in [-0.2, 0) is 4.74 Å². The lowest BCUT2D eigenvalue weighted by molar-refractivity contribution is -0.0823. The minimum absolute atomic E-state index is 0. The van der Waals surface area contributed by atoms with E-state index in [1.165, 1.54) is 12.0 Å². The van der Waals surface area contributed by atoms with Gasteiger partial charge in [-0.05, 0) is 31.2 Å². The molecule has 0 spiro atoms. The molecule has 6 heteroatoms. The van der Waals surface area contributed by atoms with E-state index in [1.54, 1.807) is 0 Å². The van der Waals surface area contributed by atoms with E-state index in [0.29, 0.717) is 5.92 Å². The Morgan fingerprint density at radius 2 is 1.96 bits per heavy atom. The number of fused-ring (bicyclic) bond motifs is 1. The first-order valence-electron chi connectivity index (χ1n) is 10.4. The third kappa shape index (κ3) is 5.99. The minimum Gasteiger partial charge on any atom is -0.493 e. The van der Waals surface area contributed by atoms with Crippen molar-refractivity contribution in [3.05, 3.63) is 29.8 Å². The molecule has 2 heterocycles. The third-order valence-electron chi connectivity index (χ3n) is 5.40. The maximum absolute atomic E-state index is 6.12. The van der Waals surface area contributed by atoms with Crippen molar-refractivity contribution in [3.8, 4) is 5.75 Å². The highest BCUT2D eigenvalue weighted by Gasteiger charge is 2.35. The molecule has 5 nitrogen and oxygen atoms in total. The van der Waals surface area contributed by atoms with E-state index in [2.05, 4.69) is 50.5 Å². The molecule has 0 aliphatic carbocycles. The summed E-state index contributed by atoms with van der Waals surface area (Å²) < 4.78 is 11.9. The van der Waals surface area contributed by atoms with Crippen LogP contribution in [0, 0.1) is 11.3 Å². The highest BCUT2D eigenvalue weighted by Crippen LogP contribution is 2.34. The van der Waals surface area contributed by atoms with E-state index < -0.39 is 0 Å². The summed E-state index contributed by atoms with van der Waals surface area (Å²) in [5.74, 6) is 2.33. The van der Waals surface area contributed by atoms with Gasteiger partial charge in [-0.2, -0.15) is 0 Å².